The first-order chi connectivity index (χ1) is 10.4. The van der Waals surface area contributed by atoms with Gasteiger partial charge in [-0.1, -0.05) is 19.8 Å². The molecule has 7 unspecified atom stereocenters. The number of esters is 1. The average Bonchev–Trinajstić information content (AvgIpc) is 2.63. The minimum absolute atomic E-state index is 0.0481. The van der Waals surface area contributed by atoms with Gasteiger partial charge in [-0.3, -0.25) is 10.1 Å². The van der Waals surface area contributed by atoms with E-state index in [1.54, 1.807) is 0 Å². The van der Waals surface area contributed by atoms with Gasteiger partial charge >= 0.3 is 5.97 Å². The Kier molecular flexibility index (Phi) is 3.75. The lowest BCUT2D eigenvalue weighted by atomic mass is 9.58. The predicted molar refractivity (Wildman–Crippen MR) is 78.4 cm³/mol. The molecular formula is C17H24O5. The molecule has 5 heteroatoms. The molecule has 5 nitrogen and oxygen atoms in total. The number of hydrogen-bond donors (Lipinski definition) is 1. The first kappa shape index (κ1) is 15.8. The third-order valence-electron chi connectivity index (χ3n) is 6.11. The maximum Gasteiger partial charge on any atom is 0.311 e. The Balaban J connectivity index is 2.10. The van der Waals surface area contributed by atoms with Crippen molar-refractivity contribution in [2.75, 3.05) is 0 Å². The Morgan fingerprint density at radius 1 is 1.32 bits per heavy atom. The van der Waals surface area contributed by atoms with Crippen LogP contribution in [-0.4, -0.2) is 28.7 Å². The summed E-state index contributed by atoms with van der Waals surface area (Å²) in [7, 11) is 0. The van der Waals surface area contributed by atoms with E-state index in [4.69, 9.17) is 20.8 Å². The van der Waals surface area contributed by atoms with Crippen molar-refractivity contribution in [2.45, 2.75) is 63.9 Å². The molecule has 2 saturated heterocycles. The lowest BCUT2D eigenvalue weighted by Crippen LogP contribution is -2.66. The van der Waals surface area contributed by atoms with Gasteiger partial charge in [0.05, 0.1) is 5.92 Å². The first-order valence-electron chi connectivity index (χ1n) is 8.06. The lowest BCUT2D eigenvalue weighted by molar-refractivity contribution is -0.426. The van der Waals surface area contributed by atoms with Crippen LogP contribution in [0.1, 0.15) is 46.5 Å². The van der Waals surface area contributed by atoms with E-state index >= 15 is 0 Å². The topological polar surface area (TPSA) is 65.0 Å². The molecule has 1 aliphatic carbocycles. The second-order valence-corrected chi connectivity index (χ2v) is 7.30. The van der Waals surface area contributed by atoms with Crippen LogP contribution in [0.15, 0.2) is 0 Å². The summed E-state index contributed by atoms with van der Waals surface area (Å²) in [6.45, 7) is 5.81. The van der Waals surface area contributed by atoms with Gasteiger partial charge in [0.2, 0.25) is 6.29 Å². The van der Waals surface area contributed by atoms with Crippen molar-refractivity contribution in [1.29, 1.82) is 0 Å². The van der Waals surface area contributed by atoms with Crippen molar-refractivity contribution >= 4 is 5.97 Å². The van der Waals surface area contributed by atoms with Gasteiger partial charge in [-0.25, -0.2) is 4.89 Å². The van der Waals surface area contributed by atoms with Crippen LogP contribution in [0.5, 0.6) is 0 Å². The molecule has 7 atom stereocenters. The molecule has 2 heterocycles. The lowest BCUT2D eigenvalue weighted by Gasteiger charge is -2.55. The molecule has 3 aliphatic rings. The zero-order valence-electron chi connectivity index (χ0n) is 13.4. The number of rotatable bonds is 1. The Labute approximate surface area is 131 Å². The molecule has 0 aromatic heterocycles. The zero-order valence-corrected chi connectivity index (χ0v) is 13.4. The Morgan fingerprint density at radius 3 is 2.68 bits per heavy atom. The Morgan fingerprint density at radius 2 is 2.05 bits per heavy atom. The second kappa shape index (κ2) is 5.23. The molecule has 0 radical (unpaired) electrons. The maximum atomic E-state index is 12.2. The summed E-state index contributed by atoms with van der Waals surface area (Å²) in [4.78, 5) is 17.3. The first-order valence-corrected chi connectivity index (χ1v) is 8.06. The monoisotopic (exact) mass is 308 g/mol. The summed E-state index contributed by atoms with van der Waals surface area (Å²) >= 11 is 0. The summed E-state index contributed by atoms with van der Waals surface area (Å²) in [5, 5.41) is 9.85. The van der Waals surface area contributed by atoms with E-state index in [9.17, 15) is 10.1 Å². The average molecular weight is 308 g/mol. The summed E-state index contributed by atoms with van der Waals surface area (Å²) in [6.07, 6.45) is 7.91. The van der Waals surface area contributed by atoms with E-state index in [0.29, 0.717) is 12.3 Å². The smallest absolute Gasteiger partial charge is 0.311 e. The van der Waals surface area contributed by atoms with E-state index in [-0.39, 0.29) is 23.7 Å². The number of carbonyl (C=O) groups excluding carboxylic acids is 1. The van der Waals surface area contributed by atoms with Crippen LogP contribution < -0.4 is 0 Å². The fourth-order valence-electron chi connectivity index (χ4n) is 4.69. The normalized spacial score (nSPS) is 51.2. The van der Waals surface area contributed by atoms with E-state index in [1.165, 1.54) is 0 Å². The fourth-order valence-corrected chi connectivity index (χ4v) is 4.69. The molecular weight excluding hydrogens is 284 g/mol. The van der Waals surface area contributed by atoms with Crippen LogP contribution in [0.3, 0.4) is 0 Å². The van der Waals surface area contributed by atoms with Crippen molar-refractivity contribution in [3.63, 3.8) is 0 Å². The highest BCUT2D eigenvalue weighted by Crippen LogP contribution is 2.56. The fraction of sp³-hybridized carbons (Fsp3) is 0.824. The highest BCUT2D eigenvalue weighted by Gasteiger charge is 2.66. The van der Waals surface area contributed by atoms with Gasteiger partial charge in [-0.15, -0.1) is 6.42 Å². The zero-order chi connectivity index (χ0) is 16.1. The van der Waals surface area contributed by atoms with Crippen LogP contribution in [0.2, 0.25) is 0 Å². The van der Waals surface area contributed by atoms with Gasteiger partial charge in [-0.2, -0.15) is 0 Å². The minimum Gasteiger partial charge on any atom is -0.432 e. The highest BCUT2D eigenvalue weighted by molar-refractivity contribution is 5.74. The summed E-state index contributed by atoms with van der Waals surface area (Å²) < 4.78 is 11.5. The number of hydrogen-bond acceptors (Lipinski definition) is 5. The van der Waals surface area contributed by atoms with Crippen molar-refractivity contribution < 1.29 is 24.4 Å². The van der Waals surface area contributed by atoms with E-state index in [2.05, 4.69) is 12.8 Å². The van der Waals surface area contributed by atoms with Crippen LogP contribution >= 0.6 is 0 Å². The maximum absolute atomic E-state index is 12.2. The van der Waals surface area contributed by atoms with E-state index < -0.39 is 17.5 Å². The van der Waals surface area contributed by atoms with Crippen molar-refractivity contribution in [2.24, 2.45) is 23.7 Å². The van der Waals surface area contributed by atoms with Gasteiger partial charge < -0.3 is 9.47 Å². The van der Waals surface area contributed by atoms with Crippen molar-refractivity contribution in [1.82, 2.24) is 0 Å². The molecule has 122 valence electrons. The van der Waals surface area contributed by atoms with Gasteiger partial charge in [-0.05, 0) is 38.5 Å². The molecule has 1 saturated carbocycles. The van der Waals surface area contributed by atoms with Gasteiger partial charge in [0.1, 0.15) is 5.60 Å². The molecule has 0 aromatic rings. The van der Waals surface area contributed by atoms with Crippen LogP contribution in [0.4, 0.5) is 0 Å². The Hall–Kier alpha value is -1.09. The standard InChI is InChI=1S/C17H24O5/c1-5-16(4)9-8-12-10(2)6-7-13-11(3)14(18)20-15(21-16)17(12,13)22-19/h1,10-13,15,19H,6-9H2,2-4H3. The molecule has 0 amide bonds. The Bertz CT molecular complexity index is 512. The number of terminal acetylenes is 1. The third kappa shape index (κ3) is 2.01. The largest absolute Gasteiger partial charge is 0.432 e. The van der Waals surface area contributed by atoms with E-state index in [0.717, 1.165) is 19.3 Å². The number of carbonyl (C=O) groups is 1. The summed E-state index contributed by atoms with van der Waals surface area (Å²) in [5.74, 6) is 2.31. The SMILES string of the molecule is C#CC1(C)CCC2C(C)CCC3C(C)C(=O)OC(O1)C23OO. The van der Waals surface area contributed by atoms with Gasteiger partial charge in [0.25, 0.3) is 0 Å². The van der Waals surface area contributed by atoms with Crippen LogP contribution in [0.25, 0.3) is 0 Å². The van der Waals surface area contributed by atoms with Crippen molar-refractivity contribution in [3.8, 4) is 12.3 Å². The minimum atomic E-state index is -1.01. The van der Waals surface area contributed by atoms with Crippen LogP contribution in [0, 0.1) is 36.0 Å². The molecule has 0 aromatic carbocycles. The highest BCUT2D eigenvalue weighted by atomic mass is 17.1. The predicted octanol–water partition coefficient (Wildman–Crippen LogP) is 2.60. The summed E-state index contributed by atoms with van der Waals surface area (Å²) in [5.41, 5.74) is -1.84. The summed E-state index contributed by atoms with van der Waals surface area (Å²) in [6, 6.07) is 0. The molecule has 0 bridgehead atoms. The third-order valence-corrected chi connectivity index (χ3v) is 6.11. The van der Waals surface area contributed by atoms with E-state index in [1.807, 2.05) is 13.8 Å². The van der Waals surface area contributed by atoms with Gasteiger partial charge in [0.15, 0.2) is 5.60 Å². The van der Waals surface area contributed by atoms with Gasteiger partial charge in [0, 0.05) is 11.8 Å². The molecule has 2 aliphatic heterocycles. The van der Waals surface area contributed by atoms with Crippen molar-refractivity contribution in [3.05, 3.63) is 0 Å². The molecule has 0 spiro atoms. The second-order valence-electron chi connectivity index (χ2n) is 7.30. The molecule has 3 rings (SSSR count). The quantitative estimate of drug-likeness (QED) is 0.349. The van der Waals surface area contributed by atoms with Crippen LogP contribution in [-0.2, 0) is 19.2 Å². The molecule has 22 heavy (non-hydrogen) atoms. The molecule has 1 N–H and O–H groups in total. The number of ether oxygens (including phenoxy) is 2. The molecule has 3 fully saturated rings.